The van der Waals surface area contributed by atoms with E-state index in [1.807, 2.05) is 67.5 Å². The maximum absolute atomic E-state index is 12.0. The summed E-state index contributed by atoms with van der Waals surface area (Å²) < 4.78 is 4.93. The molecule has 2 aromatic carbocycles. The van der Waals surface area contributed by atoms with Crippen molar-refractivity contribution in [2.75, 3.05) is 25.6 Å². The minimum atomic E-state index is -0.830. The summed E-state index contributed by atoms with van der Waals surface area (Å²) >= 11 is 0. The molecular weight excluding hydrogens is 342 g/mol. The van der Waals surface area contributed by atoms with Gasteiger partial charge in [0.15, 0.2) is 6.61 Å². The van der Waals surface area contributed by atoms with Crippen molar-refractivity contribution in [3.63, 3.8) is 0 Å². The van der Waals surface area contributed by atoms with Crippen molar-refractivity contribution in [2.45, 2.75) is 6.54 Å². The Bertz CT molecular complexity index is 850. The molecule has 0 aliphatic heterocycles. The minimum Gasteiger partial charge on any atom is -0.451 e. The van der Waals surface area contributed by atoms with Crippen molar-refractivity contribution in [3.05, 3.63) is 71.3 Å². The van der Waals surface area contributed by atoms with Crippen LogP contribution in [0.4, 0.5) is 5.69 Å². The summed E-state index contributed by atoms with van der Waals surface area (Å²) in [6.45, 7) is -0.0966. The van der Waals surface area contributed by atoms with Crippen molar-refractivity contribution >= 4 is 23.6 Å². The fraction of sp³-hybridized carbons (Fsp3) is 0.190. The SMILES string of the molecule is CN(C)c1ccc(/C=C(\C#N)C(=O)OCC(=O)NCc2ccccc2)cc1. The minimum absolute atomic E-state index is 0.163. The lowest BCUT2D eigenvalue weighted by Gasteiger charge is -2.11. The van der Waals surface area contributed by atoms with Crippen molar-refractivity contribution in [1.29, 1.82) is 5.26 Å². The summed E-state index contributed by atoms with van der Waals surface area (Å²) in [5.41, 5.74) is 2.48. The molecule has 0 bridgehead atoms. The van der Waals surface area contributed by atoms with Gasteiger partial charge in [-0.05, 0) is 29.3 Å². The monoisotopic (exact) mass is 363 g/mol. The molecule has 1 N–H and O–H groups in total. The number of hydrogen-bond donors (Lipinski definition) is 1. The van der Waals surface area contributed by atoms with Crippen LogP contribution in [0.25, 0.3) is 6.08 Å². The van der Waals surface area contributed by atoms with Crippen LogP contribution in [0, 0.1) is 11.3 Å². The molecule has 0 fully saturated rings. The fourth-order valence-corrected chi connectivity index (χ4v) is 2.23. The first kappa shape index (κ1) is 19.7. The first-order chi connectivity index (χ1) is 13.0. The number of hydrogen-bond acceptors (Lipinski definition) is 5. The average molecular weight is 363 g/mol. The lowest BCUT2D eigenvalue weighted by atomic mass is 10.1. The quantitative estimate of drug-likeness (QED) is 0.464. The second-order valence-electron chi connectivity index (χ2n) is 5.99. The highest BCUT2D eigenvalue weighted by Crippen LogP contribution is 2.15. The van der Waals surface area contributed by atoms with Gasteiger partial charge in [-0.1, -0.05) is 42.5 Å². The normalized spacial score (nSPS) is 10.6. The average Bonchev–Trinajstić information content (AvgIpc) is 2.69. The number of rotatable bonds is 7. The number of carbonyl (C=O) groups is 2. The molecule has 6 nitrogen and oxygen atoms in total. The molecule has 0 saturated heterocycles. The zero-order valence-corrected chi connectivity index (χ0v) is 15.3. The summed E-state index contributed by atoms with van der Waals surface area (Å²) in [5, 5.41) is 11.8. The second kappa shape index (κ2) is 9.78. The summed E-state index contributed by atoms with van der Waals surface area (Å²) in [6.07, 6.45) is 1.43. The van der Waals surface area contributed by atoms with E-state index in [0.717, 1.165) is 11.3 Å². The Balaban J connectivity index is 1.88. The predicted octanol–water partition coefficient (Wildman–Crippen LogP) is 2.52. The Hall–Kier alpha value is -3.59. The lowest BCUT2D eigenvalue weighted by molar-refractivity contribution is -0.144. The Morgan fingerprint density at radius 1 is 1.11 bits per heavy atom. The number of nitrogens with zero attached hydrogens (tertiary/aromatic N) is 2. The van der Waals surface area contributed by atoms with Crippen LogP contribution in [-0.4, -0.2) is 32.6 Å². The second-order valence-corrected chi connectivity index (χ2v) is 5.99. The highest BCUT2D eigenvalue weighted by Gasteiger charge is 2.13. The number of nitrogens with one attached hydrogen (secondary N) is 1. The summed E-state index contributed by atoms with van der Waals surface area (Å²) in [5.74, 6) is -1.26. The van der Waals surface area contributed by atoms with Crippen LogP contribution in [0.3, 0.4) is 0 Å². The molecular formula is C21H21N3O3. The standard InChI is InChI=1S/C21H21N3O3/c1-24(2)19-10-8-16(9-11-19)12-18(13-22)21(26)27-15-20(25)23-14-17-6-4-3-5-7-17/h3-12H,14-15H2,1-2H3,(H,23,25)/b18-12+. The van der Waals surface area contributed by atoms with Crippen molar-refractivity contribution in [1.82, 2.24) is 5.32 Å². The van der Waals surface area contributed by atoms with Crippen LogP contribution < -0.4 is 10.2 Å². The van der Waals surface area contributed by atoms with Gasteiger partial charge in [-0.15, -0.1) is 0 Å². The number of ether oxygens (including phenoxy) is 1. The molecule has 6 heteroatoms. The summed E-state index contributed by atoms with van der Waals surface area (Å²) in [7, 11) is 3.84. The zero-order chi connectivity index (χ0) is 19.6. The van der Waals surface area contributed by atoms with E-state index in [1.54, 1.807) is 12.1 Å². The third kappa shape index (κ3) is 6.33. The van der Waals surface area contributed by atoms with Gasteiger partial charge in [-0.2, -0.15) is 5.26 Å². The van der Waals surface area contributed by atoms with Crippen LogP contribution in [0.2, 0.25) is 0 Å². The molecule has 0 unspecified atom stereocenters. The highest BCUT2D eigenvalue weighted by atomic mass is 16.5. The Kier molecular flexibility index (Phi) is 7.15. The molecule has 27 heavy (non-hydrogen) atoms. The predicted molar refractivity (Wildman–Crippen MR) is 104 cm³/mol. The molecule has 0 heterocycles. The molecule has 0 radical (unpaired) electrons. The van der Waals surface area contributed by atoms with E-state index in [0.29, 0.717) is 12.1 Å². The van der Waals surface area contributed by atoms with E-state index in [4.69, 9.17) is 4.74 Å². The first-order valence-corrected chi connectivity index (χ1v) is 8.36. The number of carbonyl (C=O) groups excluding carboxylic acids is 2. The molecule has 0 aliphatic rings. The molecule has 2 rings (SSSR count). The van der Waals surface area contributed by atoms with Crippen LogP contribution in [-0.2, 0) is 20.9 Å². The maximum atomic E-state index is 12.0. The van der Waals surface area contributed by atoms with E-state index in [9.17, 15) is 14.9 Å². The van der Waals surface area contributed by atoms with Gasteiger partial charge in [0, 0.05) is 26.3 Å². The van der Waals surface area contributed by atoms with Crippen LogP contribution in [0.1, 0.15) is 11.1 Å². The number of nitriles is 1. The Morgan fingerprint density at radius 3 is 2.37 bits per heavy atom. The van der Waals surface area contributed by atoms with Crippen molar-refractivity contribution in [3.8, 4) is 6.07 Å². The van der Waals surface area contributed by atoms with Gasteiger partial charge in [0.1, 0.15) is 11.6 Å². The largest absolute Gasteiger partial charge is 0.451 e. The third-order valence-corrected chi connectivity index (χ3v) is 3.73. The molecule has 0 saturated carbocycles. The molecule has 0 atom stereocenters. The van der Waals surface area contributed by atoms with Gasteiger partial charge >= 0.3 is 5.97 Å². The topological polar surface area (TPSA) is 82.4 Å². The number of amides is 1. The van der Waals surface area contributed by atoms with Gasteiger partial charge in [-0.25, -0.2) is 4.79 Å². The summed E-state index contributed by atoms with van der Waals surface area (Å²) in [4.78, 5) is 25.8. The lowest BCUT2D eigenvalue weighted by Crippen LogP contribution is -2.28. The molecule has 0 aliphatic carbocycles. The zero-order valence-electron chi connectivity index (χ0n) is 15.3. The van der Waals surface area contributed by atoms with E-state index >= 15 is 0 Å². The van der Waals surface area contributed by atoms with Gasteiger partial charge in [0.05, 0.1) is 0 Å². The third-order valence-electron chi connectivity index (χ3n) is 3.73. The fourth-order valence-electron chi connectivity index (χ4n) is 2.23. The van der Waals surface area contributed by atoms with Crippen molar-refractivity contribution < 1.29 is 14.3 Å². The van der Waals surface area contributed by atoms with Crippen LogP contribution >= 0.6 is 0 Å². The molecule has 0 spiro atoms. The van der Waals surface area contributed by atoms with Crippen molar-refractivity contribution in [2.24, 2.45) is 0 Å². The summed E-state index contributed by atoms with van der Waals surface area (Å²) in [6, 6.07) is 18.6. The van der Waals surface area contributed by atoms with Crippen LogP contribution in [0.15, 0.2) is 60.2 Å². The number of esters is 1. The van der Waals surface area contributed by atoms with Gasteiger partial charge < -0.3 is 15.0 Å². The Labute approximate surface area is 158 Å². The highest BCUT2D eigenvalue weighted by molar-refractivity contribution is 5.98. The van der Waals surface area contributed by atoms with Gasteiger partial charge in [0.2, 0.25) is 0 Å². The van der Waals surface area contributed by atoms with Gasteiger partial charge in [0.25, 0.3) is 5.91 Å². The number of benzene rings is 2. The smallest absolute Gasteiger partial charge is 0.349 e. The van der Waals surface area contributed by atoms with E-state index in [-0.39, 0.29) is 5.57 Å². The number of anilines is 1. The van der Waals surface area contributed by atoms with E-state index in [2.05, 4.69) is 5.32 Å². The molecule has 138 valence electrons. The maximum Gasteiger partial charge on any atom is 0.349 e. The van der Waals surface area contributed by atoms with Gasteiger partial charge in [-0.3, -0.25) is 4.79 Å². The van der Waals surface area contributed by atoms with E-state index in [1.165, 1.54) is 6.08 Å². The first-order valence-electron chi connectivity index (χ1n) is 8.36. The Morgan fingerprint density at radius 2 is 1.78 bits per heavy atom. The molecule has 0 aromatic heterocycles. The molecule has 2 aromatic rings. The van der Waals surface area contributed by atoms with Crippen LogP contribution in [0.5, 0.6) is 0 Å². The van der Waals surface area contributed by atoms with E-state index < -0.39 is 18.5 Å². The molecule has 1 amide bonds.